The Morgan fingerprint density at radius 2 is 1.95 bits per heavy atom. The van der Waals surface area contributed by atoms with E-state index in [9.17, 15) is 21.6 Å². The van der Waals surface area contributed by atoms with Gasteiger partial charge >= 0.3 is 6.18 Å². The molecule has 0 aromatic heterocycles. The lowest BCUT2D eigenvalue weighted by Gasteiger charge is -2.31. The van der Waals surface area contributed by atoms with Crippen molar-refractivity contribution in [1.82, 2.24) is 0 Å². The standard InChI is InChI=1S/C10H10F3IO4S/c1-9(10(11,12)13,6-19(15,16)17)18-8-4-2-3-7(14)5-8/h2-5H,6H2,1H3,(H,15,16,17). The molecule has 0 spiro atoms. The van der Waals surface area contributed by atoms with Gasteiger partial charge in [0.2, 0.25) is 5.60 Å². The highest BCUT2D eigenvalue weighted by Gasteiger charge is 2.56. The lowest BCUT2D eigenvalue weighted by molar-refractivity contribution is -0.233. The molecular weight excluding hydrogens is 400 g/mol. The van der Waals surface area contributed by atoms with Crippen LogP contribution in [0.4, 0.5) is 13.2 Å². The summed E-state index contributed by atoms with van der Waals surface area (Å²) in [7, 11) is -4.84. The molecule has 0 amide bonds. The van der Waals surface area contributed by atoms with Crippen LogP contribution in [-0.4, -0.2) is 30.5 Å². The van der Waals surface area contributed by atoms with Crippen molar-refractivity contribution in [3.8, 4) is 5.75 Å². The minimum atomic E-state index is -4.95. The monoisotopic (exact) mass is 410 g/mol. The van der Waals surface area contributed by atoms with Crippen molar-refractivity contribution in [2.24, 2.45) is 0 Å². The molecule has 4 nitrogen and oxygen atoms in total. The van der Waals surface area contributed by atoms with E-state index in [-0.39, 0.29) is 5.75 Å². The second kappa shape index (κ2) is 5.44. The highest BCUT2D eigenvalue weighted by molar-refractivity contribution is 14.1. The number of benzene rings is 1. The third-order valence-electron chi connectivity index (χ3n) is 2.20. The van der Waals surface area contributed by atoms with Crippen molar-refractivity contribution in [3.63, 3.8) is 0 Å². The molecule has 1 unspecified atom stereocenters. The number of ether oxygens (including phenoxy) is 1. The van der Waals surface area contributed by atoms with Gasteiger partial charge in [-0.1, -0.05) is 6.07 Å². The Hall–Kier alpha value is -0.550. The van der Waals surface area contributed by atoms with Crippen LogP contribution in [0.1, 0.15) is 6.92 Å². The van der Waals surface area contributed by atoms with E-state index in [0.717, 1.165) is 0 Å². The zero-order valence-corrected chi connectivity index (χ0v) is 12.6. The number of alkyl halides is 3. The number of rotatable bonds is 4. The fraction of sp³-hybridized carbons (Fsp3) is 0.400. The molecule has 108 valence electrons. The quantitative estimate of drug-likeness (QED) is 0.613. The first-order valence-electron chi connectivity index (χ1n) is 4.89. The van der Waals surface area contributed by atoms with Gasteiger partial charge in [0.05, 0.1) is 0 Å². The van der Waals surface area contributed by atoms with Crippen molar-refractivity contribution in [2.75, 3.05) is 5.75 Å². The van der Waals surface area contributed by atoms with Crippen LogP contribution in [0.5, 0.6) is 5.75 Å². The minimum absolute atomic E-state index is 0.129. The fourth-order valence-electron chi connectivity index (χ4n) is 1.31. The fourth-order valence-corrected chi connectivity index (χ4v) is 2.74. The van der Waals surface area contributed by atoms with Crippen LogP contribution in [0.2, 0.25) is 0 Å². The Bertz CT molecular complexity index is 558. The van der Waals surface area contributed by atoms with Crippen molar-refractivity contribution >= 4 is 32.7 Å². The summed E-state index contributed by atoms with van der Waals surface area (Å²) in [6.07, 6.45) is -4.95. The van der Waals surface area contributed by atoms with E-state index in [4.69, 9.17) is 9.29 Å². The van der Waals surface area contributed by atoms with Crippen LogP contribution in [0.25, 0.3) is 0 Å². The third-order valence-corrected chi connectivity index (χ3v) is 3.78. The first-order valence-corrected chi connectivity index (χ1v) is 7.58. The molecular formula is C10H10F3IO4S. The summed E-state index contributed by atoms with van der Waals surface area (Å²) in [5, 5.41) is 0. The molecule has 1 rings (SSSR count). The maximum Gasteiger partial charge on any atom is 0.429 e. The van der Waals surface area contributed by atoms with Crippen LogP contribution in [0.15, 0.2) is 24.3 Å². The van der Waals surface area contributed by atoms with E-state index in [1.165, 1.54) is 18.2 Å². The summed E-state index contributed by atoms with van der Waals surface area (Å²) in [6.45, 7) is 0.570. The number of halogens is 4. The number of hydrogen-bond donors (Lipinski definition) is 1. The molecule has 1 aromatic rings. The van der Waals surface area contributed by atoms with E-state index in [1.807, 2.05) is 22.6 Å². The molecule has 0 aliphatic carbocycles. The molecule has 1 atom stereocenters. The topological polar surface area (TPSA) is 63.6 Å². The van der Waals surface area contributed by atoms with Gasteiger partial charge in [-0.15, -0.1) is 0 Å². The van der Waals surface area contributed by atoms with Gasteiger partial charge in [-0.25, -0.2) is 0 Å². The molecule has 0 bridgehead atoms. The van der Waals surface area contributed by atoms with Gasteiger partial charge < -0.3 is 4.74 Å². The van der Waals surface area contributed by atoms with Crippen molar-refractivity contribution in [2.45, 2.75) is 18.7 Å². The van der Waals surface area contributed by atoms with Gasteiger partial charge in [0.1, 0.15) is 11.5 Å². The average Bonchev–Trinajstić information content (AvgIpc) is 2.11. The summed E-state index contributed by atoms with van der Waals surface area (Å²) in [5.74, 6) is -1.70. The van der Waals surface area contributed by atoms with Crippen LogP contribution < -0.4 is 4.74 Å². The van der Waals surface area contributed by atoms with Gasteiger partial charge in [0.15, 0.2) is 0 Å². The van der Waals surface area contributed by atoms with Crippen LogP contribution in [-0.2, 0) is 10.1 Å². The zero-order valence-electron chi connectivity index (χ0n) is 9.61. The summed E-state index contributed by atoms with van der Waals surface area (Å²) in [6, 6.07) is 5.72. The zero-order chi connectivity index (χ0) is 14.9. The molecule has 9 heteroatoms. The Morgan fingerprint density at radius 3 is 2.37 bits per heavy atom. The summed E-state index contributed by atoms with van der Waals surface area (Å²) < 4.78 is 74.2. The van der Waals surface area contributed by atoms with Crippen molar-refractivity contribution in [1.29, 1.82) is 0 Å². The molecule has 1 aromatic carbocycles. The summed E-state index contributed by atoms with van der Waals surface area (Å²) in [5.41, 5.74) is -3.02. The maximum atomic E-state index is 12.9. The van der Waals surface area contributed by atoms with E-state index >= 15 is 0 Å². The molecule has 0 aliphatic rings. The average molecular weight is 410 g/mol. The lowest BCUT2D eigenvalue weighted by atomic mass is 10.1. The molecule has 19 heavy (non-hydrogen) atoms. The van der Waals surface area contributed by atoms with Gasteiger partial charge in [0.25, 0.3) is 10.1 Å². The summed E-state index contributed by atoms with van der Waals surface area (Å²) >= 11 is 1.88. The van der Waals surface area contributed by atoms with E-state index < -0.39 is 27.6 Å². The molecule has 0 fully saturated rings. The Morgan fingerprint density at radius 1 is 1.37 bits per heavy atom. The van der Waals surface area contributed by atoms with Crippen LogP contribution in [0.3, 0.4) is 0 Å². The maximum absolute atomic E-state index is 12.9. The van der Waals surface area contributed by atoms with Gasteiger partial charge in [-0.05, 0) is 47.7 Å². The van der Waals surface area contributed by atoms with Gasteiger partial charge in [-0.2, -0.15) is 21.6 Å². The van der Waals surface area contributed by atoms with E-state index in [1.54, 1.807) is 6.07 Å². The smallest absolute Gasteiger partial charge is 0.429 e. The molecule has 0 aliphatic heterocycles. The van der Waals surface area contributed by atoms with Crippen LogP contribution in [0, 0.1) is 3.57 Å². The van der Waals surface area contributed by atoms with E-state index in [0.29, 0.717) is 10.5 Å². The van der Waals surface area contributed by atoms with Gasteiger partial charge in [0, 0.05) is 3.57 Å². The molecule has 0 heterocycles. The minimum Gasteiger partial charge on any atom is -0.477 e. The predicted molar refractivity (Wildman–Crippen MR) is 70.7 cm³/mol. The lowest BCUT2D eigenvalue weighted by Crippen LogP contribution is -2.52. The molecule has 0 radical (unpaired) electrons. The highest BCUT2D eigenvalue weighted by Crippen LogP contribution is 2.35. The first kappa shape index (κ1) is 16.5. The normalized spacial score (nSPS) is 15.9. The van der Waals surface area contributed by atoms with Crippen LogP contribution >= 0.6 is 22.6 Å². The van der Waals surface area contributed by atoms with Gasteiger partial charge in [-0.3, -0.25) is 4.55 Å². The Balaban J connectivity index is 3.12. The summed E-state index contributed by atoms with van der Waals surface area (Å²) in [4.78, 5) is 0. The second-order valence-electron chi connectivity index (χ2n) is 4.01. The van der Waals surface area contributed by atoms with Crippen molar-refractivity contribution < 1.29 is 30.9 Å². The Labute approximate surface area is 121 Å². The SMILES string of the molecule is CC(CS(=O)(=O)O)(Oc1cccc(I)c1)C(F)(F)F. The molecule has 0 saturated carbocycles. The molecule has 0 saturated heterocycles. The third kappa shape index (κ3) is 4.80. The second-order valence-corrected chi connectivity index (χ2v) is 6.71. The Kier molecular flexibility index (Phi) is 4.73. The first-order chi connectivity index (χ1) is 8.43. The predicted octanol–water partition coefficient (Wildman–Crippen LogP) is 2.88. The van der Waals surface area contributed by atoms with E-state index in [2.05, 4.69) is 0 Å². The number of hydrogen-bond acceptors (Lipinski definition) is 3. The largest absolute Gasteiger partial charge is 0.477 e. The molecule has 1 N–H and O–H groups in total. The highest BCUT2D eigenvalue weighted by atomic mass is 127. The van der Waals surface area contributed by atoms with Crippen molar-refractivity contribution in [3.05, 3.63) is 27.8 Å².